The molecule has 11 heteroatoms. The van der Waals surface area contributed by atoms with E-state index in [1.54, 1.807) is 6.92 Å². The first-order valence-corrected chi connectivity index (χ1v) is 9.15. The summed E-state index contributed by atoms with van der Waals surface area (Å²) in [7, 11) is 0. The maximum Gasteiger partial charge on any atom is 0.308 e. The standard InChI is InChI=1S/C18H27NO10/c1-6-7-14(24)29-18-15(19-9(2)20)17(27-12(5)23)16(26-11(4)22)13(28-18)8-25-10(3)21/h13,15-18H,6-8H2,1-5H3,(H,19,20)/t13-,15+,16-,17?,18?/m1/s1. The molecular formula is C18H27NO10. The third-order valence-corrected chi connectivity index (χ3v) is 3.77. The minimum absolute atomic E-state index is 0.0901. The number of rotatable bonds is 8. The fourth-order valence-corrected chi connectivity index (χ4v) is 2.78. The number of esters is 4. The second-order valence-corrected chi connectivity index (χ2v) is 6.46. The van der Waals surface area contributed by atoms with Crippen molar-refractivity contribution in [1.29, 1.82) is 0 Å². The summed E-state index contributed by atoms with van der Waals surface area (Å²) in [5.41, 5.74) is 0. The molecule has 5 atom stereocenters. The van der Waals surface area contributed by atoms with Crippen molar-refractivity contribution in [3.05, 3.63) is 0 Å². The molecule has 0 saturated carbocycles. The molecule has 0 aliphatic carbocycles. The monoisotopic (exact) mass is 417 g/mol. The van der Waals surface area contributed by atoms with Gasteiger partial charge in [0.15, 0.2) is 12.2 Å². The van der Waals surface area contributed by atoms with Gasteiger partial charge in [-0.3, -0.25) is 24.0 Å². The molecule has 11 nitrogen and oxygen atoms in total. The van der Waals surface area contributed by atoms with Crippen LogP contribution in [-0.4, -0.2) is 67.0 Å². The first kappa shape index (κ1) is 24.3. The highest BCUT2D eigenvalue weighted by atomic mass is 16.7. The van der Waals surface area contributed by atoms with E-state index in [0.717, 1.165) is 13.8 Å². The maximum atomic E-state index is 12.0. The Hall–Kier alpha value is -2.69. The van der Waals surface area contributed by atoms with Crippen LogP contribution < -0.4 is 5.32 Å². The van der Waals surface area contributed by atoms with Gasteiger partial charge >= 0.3 is 23.9 Å². The van der Waals surface area contributed by atoms with Crippen molar-refractivity contribution in [1.82, 2.24) is 5.32 Å². The molecule has 0 spiro atoms. The molecule has 1 amide bonds. The fraction of sp³-hybridized carbons (Fsp3) is 0.722. The summed E-state index contributed by atoms with van der Waals surface area (Å²) in [5, 5.41) is 2.51. The minimum Gasteiger partial charge on any atom is -0.463 e. The van der Waals surface area contributed by atoms with Gasteiger partial charge in [0.2, 0.25) is 12.2 Å². The number of amides is 1. The third-order valence-electron chi connectivity index (χ3n) is 3.77. The molecule has 1 heterocycles. The molecule has 1 fully saturated rings. The Morgan fingerprint density at radius 3 is 1.93 bits per heavy atom. The van der Waals surface area contributed by atoms with Crippen LogP contribution >= 0.6 is 0 Å². The molecule has 0 radical (unpaired) electrons. The summed E-state index contributed by atoms with van der Waals surface area (Å²) in [6.07, 6.45) is -4.36. The summed E-state index contributed by atoms with van der Waals surface area (Å²) in [4.78, 5) is 58.2. The molecule has 1 aliphatic rings. The van der Waals surface area contributed by atoms with E-state index in [4.69, 9.17) is 23.7 Å². The lowest BCUT2D eigenvalue weighted by atomic mass is 9.96. The lowest BCUT2D eigenvalue weighted by Crippen LogP contribution is -2.66. The van der Waals surface area contributed by atoms with Crippen LogP contribution in [0.5, 0.6) is 0 Å². The van der Waals surface area contributed by atoms with Crippen LogP contribution in [-0.2, 0) is 47.7 Å². The SMILES string of the molecule is CCCC(=O)OC1O[C@H](COC(C)=O)[C@@H](OC(C)=O)C(OC(C)=O)[C@@H]1NC(C)=O. The van der Waals surface area contributed by atoms with Crippen LogP contribution in [0.25, 0.3) is 0 Å². The van der Waals surface area contributed by atoms with Gasteiger partial charge in [0.1, 0.15) is 18.8 Å². The average molecular weight is 417 g/mol. The molecule has 164 valence electrons. The van der Waals surface area contributed by atoms with Crippen LogP contribution in [0.1, 0.15) is 47.5 Å². The molecular weight excluding hydrogens is 390 g/mol. The van der Waals surface area contributed by atoms with Crippen molar-refractivity contribution in [3.8, 4) is 0 Å². The first-order valence-electron chi connectivity index (χ1n) is 9.15. The predicted molar refractivity (Wildman–Crippen MR) is 95.0 cm³/mol. The molecule has 1 rings (SSSR count). The lowest BCUT2D eigenvalue weighted by Gasteiger charge is -2.44. The van der Waals surface area contributed by atoms with Gasteiger partial charge in [0.05, 0.1) is 0 Å². The van der Waals surface area contributed by atoms with Crippen molar-refractivity contribution in [3.63, 3.8) is 0 Å². The zero-order valence-corrected chi connectivity index (χ0v) is 17.1. The van der Waals surface area contributed by atoms with Gasteiger partial charge in [0.25, 0.3) is 0 Å². The highest BCUT2D eigenvalue weighted by molar-refractivity contribution is 5.74. The minimum atomic E-state index is -1.37. The van der Waals surface area contributed by atoms with E-state index in [2.05, 4.69) is 5.32 Å². The zero-order chi connectivity index (χ0) is 22.1. The summed E-state index contributed by atoms with van der Waals surface area (Å²) in [6, 6.07) is -1.16. The van der Waals surface area contributed by atoms with Crippen molar-refractivity contribution in [2.45, 2.75) is 78.1 Å². The van der Waals surface area contributed by atoms with Gasteiger partial charge < -0.3 is 29.0 Å². The van der Waals surface area contributed by atoms with Gasteiger partial charge in [-0.2, -0.15) is 0 Å². The topological polar surface area (TPSA) is 144 Å². The summed E-state index contributed by atoms with van der Waals surface area (Å²) < 4.78 is 26.5. The van der Waals surface area contributed by atoms with Crippen LogP contribution in [0.4, 0.5) is 0 Å². The van der Waals surface area contributed by atoms with Crippen molar-refractivity contribution in [2.24, 2.45) is 0 Å². The zero-order valence-electron chi connectivity index (χ0n) is 17.1. The van der Waals surface area contributed by atoms with Crippen molar-refractivity contribution in [2.75, 3.05) is 6.61 Å². The van der Waals surface area contributed by atoms with E-state index < -0.39 is 60.4 Å². The Kier molecular flexibility index (Phi) is 9.53. The summed E-state index contributed by atoms with van der Waals surface area (Å²) in [5.74, 6) is -3.19. The van der Waals surface area contributed by atoms with Crippen LogP contribution in [0.2, 0.25) is 0 Å². The quantitative estimate of drug-likeness (QED) is 0.423. The van der Waals surface area contributed by atoms with Crippen molar-refractivity contribution < 1.29 is 47.7 Å². The molecule has 1 aliphatic heterocycles. The molecule has 1 N–H and O–H groups in total. The van der Waals surface area contributed by atoms with Crippen LogP contribution in [0.15, 0.2) is 0 Å². The molecule has 0 aromatic rings. The highest BCUT2D eigenvalue weighted by Gasteiger charge is 2.52. The second-order valence-electron chi connectivity index (χ2n) is 6.46. The van der Waals surface area contributed by atoms with Crippen molar-refractivity contribution >= 4 is 29.8 Å². The largest absolute Gasteiger partial charge is 0.463 e. The number of hydrogen-bond donors (Lipinski definition) is 1. The van der Waals surface area contributed by atoms with E-state index in [0.29, 0.717) is 6.42 Å². The number of nitrogens with one attached hydrogen (secondary N) is 1. The number of carbonyl (C=O) groups excluding carboxylic acids is 5. The fourth-order valence-electron chi connectivity index (χ4n) is 2.78. The molecule has 2 unspecified atom stereocenters. The Bertz CT molecular complexity index is 634. The predicted octanol–water partition coefficient (Wildman–Crippen LogP) is -0.0142. The van der Waals surface area contributed by atoms with Crippen LogP contribution in [0.3, 0.4) is 0 Å². The summed E-state index contributed by atoms with van der Waals surface area (Å²) in [6.45, 7) is 6.06. The Labute approximate surface area is 168 Å². The van der Waals surface area contributed by atoms with E-state index in [-0.39, 0.29) is 13.0 Å². The maximum absolute atomic E-state index is 12.0. The molecule has 29 heavy (non-hydrogen) atoms. The number of ether oxygens (including phenoxy) is 5. The van der Waals surface area contributed by atoms with Gasteiger partial charge in [-0.05, 0) is 6.42 Å². The average Bonchev–Trinajstić information content (AvgIpc) is 2.57. The number of hydrogen-bond acceptors (Lipinski definition) is 10. The van der Waals surface area contributed by atoms with Gasteiger partial charge in [-0.15, -0.1) is 0 Å². The normalized spacial score (nSPS) is 26.0. The Balaban J connectivity index is 3.29. The van der Waals surface area contributed by atoms with E-state index in [1.807, 2.05) is 0 Å². The first-order chi connectivity index (χ1) is 13.5. The van der Waals surface area contributed by atoms with Gasteiger partial charge in [0, 0.05) is 34.1 Å². The molecule has 0 bridgehead atoms. The highest BCUT2D eigenvalue weighted by Crippen LogP contribution is 2.28. The molecule has 1 saturated heterocycles. The second kappa shape index (κ2) is 11.3. The van der Waals surface area contributed by atoms with Crippen LogP contribution in [0, 0.1) is 0 Å². The van der Waals surface area contributed by atoms with E-state index in [1.165, 1.54) is 13.8 Å². The van der Waals surface area contributed by atoms with E-state index in [9.17, 15) is 24.0 Å². The van der Waals surface area contributed by atoms with Gasteiger partial charge in [-0.25, -0.2) is 0 Å². The lowest BCUT2D eigenvalue weighted by molar-refractivity contribution is -0.271. The summed E-state index contributed by atoms with van der Waals surface area (Å²) >= 11 is 0. The Morgan fingerprint density at radius 1 is 0.862 bits per heavy atom. The van der Waals surface area contributed by atoms with E-state index >= 15 is 0 Å². The third kappa shape index (κ3) is 8.06. The number of carbonyl (C=O) groups is 5. The smallest absolute Gasteiger partial charge is 0.308 e. The molecule has 0 aromatic carbocycles. The van der Waals surface area contributed by atoms with Gasteiger partial charge in [-0.1, -0.05) is 6.92 Å². The molecule has 0 aromatic heterocycles. The Morgan fingerprint density at radius 2 is 1.45 bits per heavy atom.